The second-order valence-corrected chi connectivity index (χ2v) is 7.35. The number of esters is 3. The van der Waals surface area contributed by atoms with Gasteiger partial charge < -0.3 is 24.7 Å². The Bertz CT molecular complexity index is 794. The Labute approximate surface area is 171 Å². The summed E-state index contributed by atoms with van der Waals surface area (Å²) in [5.74, 6) is -1.73. The first-order valence-electron chi connectivity index (χ1n) is 8.63. The molecule has 0 aromatic carbocycles. The molecule has 5 atom stereocenters. The quantitative estimate of drug-likeness (QED) is 0.504. The summed E-state index contributed by atoms with van der Waals surface area (Å²) in [6, 6.07) is 4.18. The fourth-order valence-electron chi connectivity index (χ4n) is 2.69. The van der Waals surface area contributed by atoms with Crippen molar-refractivity contribution in [1.29, 1.82) is 5.26 Å². The number of hydrogen-bond donors (Lipinski definition) is 1. The van der Waals surface area contributed by atoms with Crippen LogP contribution in [-0.2, 0) is 33.3 Å². The molecule has 1 fully saturated rings. The summed E-state index contributed by atoms with van der Waals surface area (Å²) in [4.78, 5) is 38.9. The Morgan fingerprint density at radius 1 is 1.17 bits per heavy atom. The van der Waals surface area contributed by atoms with Crippen LogP contribution in [0.25, 0.3) is 0 Å². The molecule has 0 amide bonds. The van der Waals surface area contributed by atoms with Gasteiger partial charge in [-0.3, -0.25) is 14.4 Å². The molecule has 1 saturated heterocycles. The number of nitrogens with zero attached hydrogens (tertiary/aromatic N) is 2. The predicted octanol–water partition coefficient (Wildman–Crippen LogP) is 0.524. The van der Waals surface area contributed by atoms with Crippen molar-refractivity contribution in [1.82, 2.24) is 4.98 Å². The highest BCUT2D eigenvalue weighted by molar-refractivity contribution is 7.99. The summed E-state index contributed by atoms with van der Waals surface area (Å²) in [6.07, 6.45) is -1.34. The smallest absolute Gasteiger partial charge is 0.303 e. The number of carbonyl (C=O) groups excluding carboxylic acids is 3. The number of rotatable bonds is 6. The lowest BCUT2D eigenvalue weighted by Crippen LogP contribution is -2.63. The van der Waals surface area contributed by atoms with Crippen LogP contribution in [-0.4, -0.2) is 59.3 Å². The summed E-state index contributed by atoms with van der Waals surface area (Å²) in [5, 5.41) is 8.86. The van der Waals surface area contributed by atoms with E-state index >= 15 is 0 Å². The molecule has 0 radical (unpaired) electrons. The number of hydrogen-bond acceptors (Lipinski definition) is 11. The van der Waals surface area contributed by atoms with E-state index in [9.17, 15) is 14.4 Å². The van der Waals surface area contributed by atoms with Gasteiger partial charge in [0.2, 0.25) is 0 Å². The molecule has 0 bridgehead atoms. The summed E-state index contributed by atoms with van der Waals surface area (Å²) in [5.41, 5.74) is 5.71. The molecule has 1 aliphatic rings. The van der Waals surface area contributed by atoms with Gasteiger partial charge >= 0.3 is 17.9 Å². The van der Waals surface area contributed by atoms with Crippen LogP contribution in [0.2, 0.25) is 0 Å². The van der Waals surface area contributed by atoms with Crippen LogP contribution < -0.4 is 5.73 Å². The second-order valence-electron chi connectivity index (χ2n) is 6.18. The largest absolute Gasteiger partial charge is 0.463 e. The number of ether oxygens (including phenoxy) is 4. The molecule has 29 heavy (non-hydrogen) atoms. The summed E-state index contributed by atoms with van der Waals surface area (Å²) in [7, 11) is 0. The van der Waals surface area contributed by atoms with Crippen LogP contribution in [0.15, 0.2) is 23.2 Å². The molecule has 156 valence electrons. The van der Waals surface area contributed by atoms with Crippen molar-refractivity contribution in [2.45, 2.75) is 55.5 Å². The number of carbonyl (C=O) groups is 3. The van der Waals surface area contributed by atoms with Crippen LogP contribution in [0.3, 0.4) is 0 Å². The zero-order chi connectivity index (χ0) is 21.6. The highest BCUT2D eigenvalue weighted by Crippen LogP contribution is 2.35. The van der Waals surface area contributed by atoms with E-state index in [2.05, 4.69) is 4.98 Å². The lowest BCUT2D eigenvalue weighted by molar-refractivity contribution is -0.201. The minimum absolute atomic E-state index is 0.198. The van der Waals surface area contributed by atoms with E-state index in [0.717, 1.165) is 11.8 Å². The number of thioether (sulfide) groups is 1. The van der Waals surface area contributed by atoms with Gasteiger partial charge in [-0.2, -0.15) is 5.26 Å². The molecule has 0 aliphatic carbocycles. The lowest BCUT2D eigenvalue weighted by atomic mass is 9.97. The van der Waals surface area contributed by atoms with Gasteiger partial charge in [0, 0.05) is 31.9 Å². The van der Waals surface area contributed by atoms with Crippen molar-refractivity contribution in [3.05, 3.63) is 24.0 Å². The molecule has 10 nitrogen and oxygen atoms in total. The van der Waals surface area contributed by atoms with Gasteiger partial charge in [0.1, 0.15) is 36.0 Å². The molecule has 2 heterocycles. The summed E-state index contributed by atoms with van der Waals surface area (Å²) in [6.45, 7) is 3.47. The highest BCUT2D eigenvalue weighted by atomic mass is 32.2. The van der Waals surface area contributed by atoms with Crippen LogP contribution in [0.1, 0.15) is 26.5 Å². The molecule has 2 N–H and O–H groups in total. The SMILES string of the molecule is CC(=O)OCC1OC(Sc2ccc(C#N)nc2)C(OC(C)=O)C(N)C1OC(C)=O. The Balaban J connectivity index is 2.29. The lowest BCUT2D eigenvalue weighted by Gasteiger charge is -2.43. The normalized spacial score (nSPS) is 26.1. The minimum atomic E-state index is -0.993. The molecular formula is C18H21N3O7S. The van der Waals surface area contributed by atoms with Crippen molar-refractivity contribution in [2.24, 2.45) is 5.73 Å². The van der Waals surface area contributed by atoms with E-state index in [4.69, 9.17) is 29.9 Å². The Morgan fingerprint density at radius 2 is 1.83 bits per heavy atom. The molecule has 11 heteroatoms. The standard InChI is InChI=1S/C18H21N3O7S/c1-9(22)25-8-14-16(26-10(2)23)15(20)17(27-11(3)24)18(28-14)29-13-5-4-12(6-19)21-7-13/h4-5,7,14-18H,8,20H2,1-3H3. The topological polar surface area (TPSA) is 151 Å². The van der Waals surface area contributed by atoms with Crippen molar-refractivity contribution in [3.63, 3.8) is 0 Å². The minimum Gasteiger partial charge on any atom is -0.463 e. The molecule has 0 saturated carbocycles. The van der Waals surface area contributed by atoms with Gasteiger partial charge in [-0.05, 0) is 12.1 Å². The van der Waals surface area contributed by atoms with Crippen LogP contribution in [0.5, 0.6) is 0 Å². The van der Waals surface area contributed by atoms with Crippen LogP contribution in [0.4, 0.5) is 0 Å². The molecule has 5 unspecified atom stereocenters. The van der Waals surface area contributed by atoms with Crippen molar-refractivity contribution < 1.29 is 33.3 Å². The van der Waals surface area contributed by atoms with Crippen molar-refractivity contribution in [3.8, 4) is 6.07 Å². The third-order valence-electron chi connectivity index (χ3n) is 3.86. The summed E-state index contributed by atoms with van der Waals surface area (Å²) >= 11 is 1.16. The molecular weight excluding hydrogens is 402 g/mol. The number of nitrogens with two attached hydrogens (primary N) is 1. The van der Waals surface area contributed by atoms with E-state index in [-0.39, 0.29) is 12.3 Å². The van der Waals surface area contributed by atoms with E-state index in [0.29, 0.717) is 4.90 Å². The van der Waals surface area contributed by atoms with Crippen molar-refractivity contribution in [2.75, 3.05) is 6.61 Å². The van der Waals surface area contributed by atoms with Gasteiger partial charge in [0.05, 0.1) is 6.04 Å². The van der Waals surface area contributed by atoms with Crippen LogP contribution >= 0.6 is 11.8 Å². The van der Waals surface area contributed by atoms with Gasteiger partial charge in [-0.25, -0.2) is 4.98 Å². The fraction of sp³-hybridized carbons (Fsp3) is 0.500. The first-order valence-corrected chi connectivity index (χ1v) is 9.51. The Hall–Kier alpha value is -2.68. The Kier molecular flexibility index (Phi) is 7.95. The average Bonchev–Trinajstić information content (AvgIpc) is 2.65. The third kappa shape index (κ3) is 6.42. The average molecular weight is 423 g/mol. The molecule has 1 aromatic heterocycles. The number of nitriles is 1. The maximum atomic E-state index is 11.6. The van der Waals surface area contributed by atoms with Gasteiger partial charge in [0.25, 0.3) is 0 Å². The van der Waals surface area contributed by atoms with Gasteiger partial charge in [-0.15, -0.1) is 0 Å². The van der Waals surface area contributed by atoms with E-state index in [1.807, 2.05) is 6.07 Å². The predicted molar refractivity (Wildman–Crippen MR) is 99.2 cm³/mol. The highest BCUT2D eigenvalue weighted by Gasteiger charge is 2.48. The molecule has 2 rings (SSSR count). The van der Waals surface area contributed by atoms with Crippen LogP contribution in [0, 0.1) is 11.3 Å². The third-order valence-corrected chi connectivity index (χ3v) is 4.99. The Morgan fingerprint density at radius 3 is 2.34 bits per heavy atom. The first kappa shape index (κ1) is 22.6. The van der Waals surface area contributed by atoms with Gasteiger partial charge in [-0.1, -0.05) is 11.8 Å². The van der Waals surface area contributed by atoms with E-state index in [1.54, 1.807) is 6.07 Å². The monoisotopic (exact) mass is 423 g/mol. The van der Waals surface area contributed by atoms with Gasteiger partial charge in [0.15, 0.2) is 6.10 Å². The van der Waals surface area contributed by atoms with Crippen molar-refractivity contribution >= 4 is 29.7 Å². The fourth-order valence-corrected chi connectivity index (χ4v) is 3.79. The molecule has 1 aromatic rings. The maximum absolute atomic E-state index is 11.6. The zero-order valence-electron chi connectivity index (χ0n) is 16.1. The number of aromatic nitrogens is 1. The zero-order valence-corrected chi connectivity index (χ0v) is 16.9. The van der Waals surface area contributed by atoms with E-state index < -0.39 is 47.7 Å². The molecule has 0 spiro atoms. The van der Waals surface area contributed by atoms with E-state index in [1.165, 1.54) is 33.0 Å². The summed E-state index contributed by atoms with van der Waals surface area (Å²) < 4.78 is 21.6. The number of pyridine rings is 1. The second kappa shape index (κ2) is 10.2. The molecule has 1 aliphatic heterocycles. The maximum Gasteiger partial charge on any atom is 0.303 e. The first-order chi connectivity index (χ1) is 13.7.